The van der Waals surface area contributed by atoms with Crippen LogP contribution in [0.4, 0.5) is 13.2 Å². The molecular weight excluding hydrogens is 165 g/mol. The Hall–Kier alpha value is -0.210. The fraction of sp³-hybridized carbons (Fsp3) is 0.889. The second-order valence-corrected chi connectivity index (χ2v) is 4.31. The zero-order chi connectivity index (χ0) is 9.57. The van der Waals surface area contributed by atoms with Crippen molar-refractivity contribution in [2.24, 2.45) is 17.3 Å². The predicted molar refractivity (Wildman–Crippen MR) is 41.4 cm³/mol. The summed E-state index contributed by atoms with van der Waals surface area (Å²) >= 11 is 0. The largest absolute Gasteiger partial charge is 0.392 e. The predicted octanol–water partition coefficient (Wildman–Crippen LogP) is 3.44. The molecule has 0 N–H and O–H groups in total. The highest BCUT2D eigenvalue weighted by atomic mass is 19.4. The first-order valence-corrected chi connectivity index (χ1v) is 4.15. The lowest BCUT2D eigenvalue weighted by atomic mass is 9.79. The molecule has 0 aromatic heterocycles. The molecule has 1 fully saturated rings. The smallest absolute Gasteiger partial charge is 0.171 e. The van der Waals surface area contributed by atoms with E-state index in [9.17, 15) is 13.2 Å². The van der Waals surface area contributed by atoms with Crippen molar-refractivity contribution in [2.75, 3.05) is 0 Å². The second kappa shape index (κ2) is 2.64. The summed E-state index contributed by atoms with van der Waals surface area (Å²) in [6, 6.07) is 0. The van der Waals surface area contributed by atoms with Gasteiger partial charge in [-0.15, -0.1) is 0 Å². The fourth-order valence-corrected chi connectivity index (χ4v) is 2.21. The van der Waals surface area contributed by atoms with Crippen LogP contribution in [0.2, 0.25) is 0 Å². The third-order valence-electron chi connectivity index (χ3n) is 2.74. The summed E-state index contributed by atoms with van der Waals surface area (Å²) in [7, 11) is 0. The van der Waals surface area contributed by atoms with Gasteiger partial charge < -0.3 is 0 Å². The number of hydrogen-bond acceptors (Lipinski definition) is 0. The van der Waals surface area contributed by atoms with Gasteiger partial charge in [-0.05, 0) is 24.2 Å². The summed E-state index contributed by atoms with van der Waals surface area (Å²) in [6.07, 6.45) is -1.70. The first-order chi connectivity index (χ1) is 5.25. The highest BCUT2D eigenvalue weighted by Gasteiger charge is 2.54. The molecule has 1 rings (SSSR count). The zero-order valence-corrected chi connectivity index (χ0v) is 7.57. The van der Waals surface area contributed by atoms with Crippen LogP contribution in [-0.2, 0) is 0 Å². The van der Waals surface area contributed by atoms with Gasteiger partial charge in [0.15, 0.2) is 0 Å². The van der Waals surface area contributed by atoms with E-state index in [1.54, 1.807) is 27.2 Å². The van der Waals surface area contributed by atoms with E-state index in [4.69, 9.17) is 0 Å². The maximum absolute atomic E-state index is 12.5. The molecule has 1 radical (unpaired) electrons. The van der Waals surface area contributed by atoms with Crippen LogP contribution in [0, 0.1) is 23.7 Å². The van der Waals surface area contributed by atoms with Crippen LogP contribution < -0.4 is 0 Å². The van der Waals surface area contributed by atoms with Crippen LogP contribution in [0.5, 0.6) is 0 Å². The van der Waals surface area contributed by atoms with Crippen molar-refractivity contribution < 1.29 is 13.2 Å². The van der Waals surface area contributed by atoms with Crippen LogP contribution in [-0.4, -0.2) is 6.18 Å². The Morgan fingerprint density at radius 1 is 1.33 bits per heavy atom. The van der Waals surface area contributed by atoms with Gasteiger partial charge in [0, 0.05) is 0 Å². The van der Waals surface area contributed by atoms with Crippen molar-refractivity contribution >= 4 is 0 Å². The van der Waals surface area contributed by atoms with Gasteiger partial charge in [0.05, 0.1) is 5.92 Å². The quantitative estimate of drug-likeness (QED) is 0.534. The SMILES string of the molecule is CC1[CH]CC(C)(C)C1C(F)(F)F. The van der Waals surface area contributed by atoms with Gasteiger partial charge in [-0.1, -0.05) is 20.8 Å². The Morgan fingerprint density at radius 3 is 2.00 bits per heavy atom. The van der Waals surface area contributed by atoms with E-state index < -0.39 is 17.5 Å². The van der Waals surface area contributed by atoms with Gasteiger partial charge in [-0.2, -0.15) is 13.2 Å². The number of hydrogen-bond donors (Lipinski definition) is 0. The topological polar surface area (TPSA) is 0 Å². The van der Waals surface area contributed by atoms with E-state index in [-0.39, 0.29) is 5.92 Å². The van der Waals surface area contributed by atoms with Crippen molar-refractivity contribution in [3.05, 3.63) is 6.42 Å². The van der Waals surface area contributed by atoms with E-state index in [2.05, 4.69) is 0 Å². The van der Waals surface area contributed by atoms with Crippen molar-refractivity contribution in [1.82, 2.24) is 0 Å². The summed E-state index contributed by atoms with van der Waals surface area (Å²) in [5.74, 6) is -1.50. The lowest BCUT2D eigenvalue weighted by molar-refractivity contribution is -0.204. The second-order valence-electron chi connectivity index (χ2n) is 4.31. The molecule has 0 amide bonds. The summed E-state index contributed by atoms with van der Waals surface area (Å²) < 4.78 is 37.5. The third-order valence-corrected chi connectivity index (χ3v) is 2.74. The molecule has 2 atom stereocenters. The van der Waals surface area contributed by atoms with Gasteiger partial charge in [0.2, 0.25) is 0 Å². The highest BCUT2D eigenvalue weighted by molar-refractivity contribution is 5.01. The molecule has 1 saturated carbocycles. The zero-order valence-electron chi connectivity index (χ0n) is 7.57. The molecule has 1 aliphatic carbocycles. The summed E-state index contributed by atoms with van der Waals surface area (Å²) in [6.45, 7) is 5.02. The van der Waals surface area contributed by atoms with Crippen LogP contribution in [0.1, 0.15) is 27.2 Å². The summed E-state index contributed by atoms with van der Waals surface area (Å²) in [5, 5.41) is 0. The molecule has 2 unspecified atom stereocenters. The molecule has 0 spiro atoms. The third kappa shape index (κ3) is 1.59. The van der Waals surface area contributed by atoms with Crippen molar-refractivity contribution in [2.45, 2.75) is 33.4 Å². The molecule has 0 aliphatic heterocycles. The number of halogens is 3. The lowest BCUT2D eigenvalue weighted by Crippen LogP contribution is -2.35. The molecule has 12 heavy (non-hydrogen) atoms. The minimum Gasteiger partial charge on any atom is -0.171 e. The highest BCUT2D eigenvalue weighted by Crippen LogP contribution is 2.53. The van der Waals surface area contributed by atoms with Crippen molar-refractivity contribution in [3.63, 3.8) is 0 Å². The van der Waals surface area contributed by atoms with Crippen molar-refractivity contribution in [1.29, 1.82) is 0 Å². The average Bonchev–Trinajstić information content (AvgIpc) is 2.03. The van der Waals surface area contributed by atoms with E-state index in [0.717, 1.165) is 0 Å². The van der Waals surface area contributed by atoms with E-state index in [1.165, 1.54) is 0 Å². The van der Waals surface area contributed by atoms with Crippen LogP contribution in [0.3, 0.4) is 0 Å². The number of alkyl halides is 3. The van der Waals surface area contributed by atoms with Gasteiger partial charge in [-0.25, -0.2) is 0 Å². The maximum Gasteiger partial charge on any atom is 0.392 e. The van der Waals surface area contributed by atoms with Gasteiger partial charge >= 0.3 is 6.18 Å². The van der Waals surface area contributed by atoms with Crippen LogP contribution in [0.15, 0.2) is 0 Å². The van der Waals surface area contributed by atoms with Gasteiger partial charge in [0.1, 0.15) is 0 Å². The van der Waals surface area contributed by atoms with Crippen molar-refractivity contribution in [3.8, 4) is 0 Å². The maximum atomic E-state index is 12.5. The first kappa shape index (κ1) is 9.87. The standard InChI is InChI=1S/C9H14F3/c1-6-4-5-8(2,3)7(6)9(10,11)12/h4,6-7H,5H2,1-3H3. The molecule has 0 heterocycles. The monoisotopic (exact) mass is 179 g/mol. The van der Waals surface area contributed by atoms with E-state index in [1.807, 2.05) is 0 Å². The van der Waals surface area contributed by atoms with Gasteiger partial charge in [0.25, 0.3) is 0 Å². The average molecular weight is 179 g/mol. The number of rotatable bonds is 0. The summed E-state index contributed by atoms with van der Waals surface area (Å²) in [5.41, 5.74) is -0.613. The van der Waals surface area contributed by atoms with E-state index >= 15 is 0 Å². The van der Waals surface area contributed by atoms with E-state index in [0.29, 0.717) is 6.42 Å². The Balaban J connectivity index is 2.86. The Bertz CT molecular complexity index is 169. The normalized spacial score (nSPS) is 35.5. The molecule has 0 saturated heterocycles. The van der Waals surface area contributed by atoms with Gasteiger partial charge in [-0.3, -0.25) is 0 Å². The molecule has 3 heteroatoms. The van der Waals surface area contributed by atoms with Crippen LogP contribution in [0.25, 0.3) is 0 Å². The van der Waals surface area contributed by atoms with Crippen LogP contribution >= 0.6 is 0 Å². The minimum absolute atomic E-state index is 0.333. The Kier molecular flexibility index (Phi) is 2.17. The molecule has 0 nitrogen and oxygen atoms in total. The molecule has 0 aromatic rings. The fourth-order valence-electron chi connectivity index (χ4n) is 2.21. The molecule has 1 aliphatic rings. The first-order valence-electron chi connectivity index (χ1n) is 4.15. The molecular formula is C9H14F3. The lowest BCUT2D eigenvalue weighted by Gasteiger charge is -2.31. The molecule has 0 aromatic carbocycles. The Morgan fingerprint density at radius 2 is 1.83 bits per heavy atom. The molecule has 0 bridgehead atoms. The molecule has 71 valence electrons. The Labute approximate surface area is 71.1 Å². The minimum atomic E-state index is -4.05. The summed E-state index contributed by atoms with van der Waals surface area (Å²) in [4.78, 5) is 0.